The van der Waals surface area contributed by atoms with E-state index in [0.717, 1.165) is 0 Å². The van der Waals surface area contributed by atoms with E-state index in [1.54, 1.807) is 24.3 Å². The van der Waals surface area contributed by atoms with Crippen molar-refractivity contribution in [2.75, 3.05) is 0 Å². The number of nitrogens with one attached hydrogen (secondary N) is 1. The largest absolute Gasteiger partial charge is 0.449 e. The molecule has 0 saturated carbocycles. The van der Waals surface area contributed by atoms with E-state index in [2.05, 4.69) is 25.9 Å². The molecule has 16 heavy (non-hydrogen) atoms. The first-order valence-electron chi connectivity index (χ1n) is 4.35. The normalized spacial score (nSPS) is 11.8. The van der Waals surface area contributed by atoms with Crippen LogP contribution in [0.15, 0.2) is 34.9 Å². The van der Waals surface area contributed by atoms with Gasteiger partial charge in [0.2, 0.25) is 5.82 Å². The maximum atomic E-state index is 12.3. The smallest absolute Gasteiger partial charge is 0.334 e. The molecule has 0 aliphatic rings. The zero-order valence-corrected chi connectivity index (χ0v) is 9.43. The van der Waals surface area contributed by atoms with Crippen LogP contribution >= 0.6 is 15.9 Å². The lowest BCUT2D eigenvalue weighted by atomic mass is 10.2. The lowest BCUT2D eigenvalue weighted by Crippen LogP contribution is -2.07. The van der Waals surface area contributed by atoms with Gasteiger partial charge in [0.1, 0.15) is 0 Å². The summed E-state index contributed by atoms with van der Waals surface area (Å²) >= 11 is 3.26. The zero-order chi connectivity index (χ0) is 11.8. The third kappa shape index (κ3) is 2.11. The van der Waals surface area contributed by atoms with Gasteiger partial charge in [-0.15, -0.1) is 0 Å². The van der Waals surface area contributed by atoms with Gasteiger partial charge in [0.05, 0.1) is 11.9 Å². The van der Waals surface area contributed by atoms with Crippen molar-refractivity contribution in [2.45, 2.75) is 6.18 Å². The molecule has 0 spiro atoms. The average Bonchev–Trinajstić information content (AvgIpc) is 2.66. The van der Waals surface area contributed by atoms with Crippen LogP contribution in [-0.2, 0) is 6.18 Å². The van der Waals surface area contributed by atoms with Gasteiger partial charge in [-0.05, 0) is 6.07 Å². The number of aromatic nitrogens is 2. The first-order valence-corrected chi connectivity index (χ1v) is 5.15. The van der Waals surface area contributed by atoms with Crippen LogP contribution in [0.25, 0.3) is 11.3 Å². The van der Waals surface area contributed by atoms with Gasteiger partial charge >= 0.3 is 6.18 Å². The van der Waals surface area contributed by atoms with Gasteiger partial charge in [-0.3, -0.25) is 0 Å². The highest BCUT2D eigenvalue weighted by atomic mass is 79.9. The highest BCUT2D eigenvalue weighted by molar-refractivity contribution is 9.10. The first kappa shape index (κ1) is 11.2. The Morgan fingerprint density at radius 3 is 2.44 bits per heavy atom. The Hall–Kier alpha value is -1.30. The molecule has 0 atom stereocenters. The van der Waals surface area contributed by atoms with Crippen LogP contribution in [0, 0.1) is 0 Å². The second kappa shape index (κ2) is 3.93. The molecule has 0 aliphatic heterocycles. The number of hydrogen-bond acceptors (Lipinski definition) is 1. The lowest BCUT2D eigenvalue weighted by Gasteiger charge is -2.02. The van der Waals surface area contributed by atoms with Crippen molar-refractivity contribution < 1.29 is 13.2 Å². The van der Waals surface area contributed by atoms with Crippen LogP contribution in [-0.4, -0.2) is 9.97 Å². The van der Waals surface area contributed by atoms with E-state index < -0.39 is 12.0 Å². The van der Waals surface area contributed by atoms with Gasteiger partial charge in [-0.1, -0.05) is 34.1 Å². The second-order valence-electron chi connectivity index (χ2n) is 3.12. The Morgan fingerprint density at radius 1 is 1.19 bits per heavy atom. The van der Waals surface area contributed by atoms with Crippen molar-refractivity contribution >= 4 is 15.9 Å². The summed E-state index contributed by atoms with van der Waals surface area (Å²) in [5, 5.41) is 0. The maximum absolute atomic E-state index is 12.3. The van der Waals surface area contributed by atoms with E-state index >= 15 is 0 Å². The van der Waals surface area contributed by atoms with Crippen molar-refractivity contribution in [3.05, 3.63) is 40.8 Å². The third-order valence-electron chi connectivity index (χ3n) is 2.01. The predicted octanol–water partition coefficient (Wildman–Crippen LogP) is 3.86. The topological polar surface area (TPSA) is 28.7 Å². The Labute approximate surface area is 97.6 Å². The third-order valence-corrected chi connectivity index (χ3v) is 2.70. The quantitative estimate of drug-likeness (QED) is 0.849. The summed E-state index contributed by atoms with van der Waals surface area (Å²) in [5.74, 6) is -0.988. The molecule has 0 bridgehead atoms. The second-order valence-corrected chi connectivity index (χ2v) is 3.98. The van der Waals surface area contributed by atoms with Crippen LogP contribution in [0.1, 0.15) is 5.82 Å². The summed E-state index contributed by atoms with van der Waals surface area (Å²) in [4.78, 5) is 5.55. The van der Waals surface area contributed by atoms with Crippen molar-refractivity contribution in [2.24, 2.45) is 0 Å². The van der Waals surface area contributed by atoms with E-state index in [0.29, 0.717) is 15.7 Å². The SMILES string of the molecule is FC(F)(F)c1ncc(-c2ccccc2Br)[nH]1. The Bertz CT molecular complexity index is 505. The van der Waals surface area contributed by atoms with E-state index in [1.165, 1.54) is 6.20 Å². The number of aromatic amines is 1. The number of nitrogens with zero attached hydrogens (tertiary/aromatic N) is 1. The molecule has 6 heteroatoms. The molecule has 0 radical (unpaired) electrons. The Kier molecular flexibility index (Phi) is 2.75. The Balaban J connectivity index is 2.44. The number of H-pyrrole nitrogens is 1. The minimum absolute atomic E-state index is 0.333. The minimum atomic E-state index is -4.44. The summed E-state index contributed by atoms with van der Waals surface area (Å²) < 4.78 is 37.7. The van der Waals surface area contributed by atoms with Crippen molar-refractivity contribution in [3.8, 4) is 11.3 Å². The van der Waals surface area contributed by atoms with Crippen LogP contribution < -0.4 is 0 Å². The molecule has 0 saturated heterocycles. The molecule has 2 rings (SSSR count). The van der Waals surface area contributed by atoms with Gasteiger partial charge < -0.3 is 4.98 Å². The van der Waals surface area contributed by atoms with Gasteiger partial charge in [-0.25, -0.2) is 4.98 Å². The molecule has 0 amide bonds. The van der Waals surface area contributed by atoms with E-state index in [9.17, 15) is 13.2 Å². The highest BCUT2D eigenvalue weighted by Gasteiger charge is 2.34. The fourth-order valence-corrected chi connectivity index (χ4v) is 1.78. The Morgan fingerprint density at radius 2 is 1.88 bits per heavy atom. The van der Waals surface area contributed by atoms with Crippen molar-refractivity contribution in [1.29, 1.82) is 0 Å². The molecule has 1 aromatic heterocycles. The number of alkyl halides is 3. The van der Waals surface area contributed by atoms with Crippen LogP contribution in [0.2, 0.25) is 0 Å². The molecule has 0 unspecified atom stereocenters. The van der Waals surface area contributed by atoms with Crippen LogP contribution in [0.4, 0.5) is 13.2 Å². The molecule has 2 nitrogen and oxygen atoms in total. The van der Waals surface area contributed by atoms with Gasteiger partial charge in [0.25, 0.3) is 0 Å². The molecule has 84 valence electrons. The molecule has 2 aromatic rings. The summed E-state index contributed by atoms with van der Waals surface area (Å²) in [6, 6.07) is 6.99. The van der Waals surface area contributed by atoms with E-state index in [4.69, 9.17) is 0 Å². The molecular formula is C10H6BrF3N2. The number of rotatable bonds is 1. The van der Waals surface area contributed by atoms with E-state index in [1.807, 2.05) is 0 Å². The molecule has 0 aliphatic carbocycles. The molecule has 0 fully saturated rings. The summed E-state index contributed by atoms with van der Waals surface area (Å²) in [5.41, 5.74) is 0.977. The minimum Gasteiger partial charge on any atom is -0.334 e. The monoisotopic (exact) mass is 290 g/mol. The van der Waals surface area contributed by atoms with Gasteiger partial charge in [-0.2, -0.15) is 13.2 Å². The molecule has 1 aromatic carbocycles. The summed E-state index contributed by atoms with van der Waals surface area (Å²) in [6.07, 6.45) is -3.28. The van der Waals surface area contributed by atoms with Crippen molar-refractivity contribution in [1.82, 2.24) is 9.97 Å². The number of imidazole rings is 1. The number of halogens is 4. The van der Waals surface area contributed by atoms with Gasteiger partial charge in [0.15, 0.2) is 0 Å². The van der Waals surface area contributed by atoms with Crippen LogP contribution in [0.3, 0.4) is 0 Å². The first-order chi connectivity index (χ1) is 7.48. The highest BCUT2D eigenvalue weighted by Crippen LogP contribution is 2.31. The van der Waals surface area contributed by atoms with Crippen LogP contribution in [0.5, 0.6) is 0 Å². The number of benzene rings is 1. The van der Waals surface area contributed by atoms with E-state index in [-0.39, 0.29) is 0 Å². The molecule has 1 N–H and O–H groups in total. The summed E-state index contributed by atoms with van der Waals surface area (Å²) in [7, 11) is 0. The standard InChI is InChI=1S/C10H6BrF3N2/c11-7-4-2-1-3-6(7)8-5-15-9(16-8)10(12,13)14/h1-5H,(H,15,16). The maximum Gasteiger partial charge on any atom is 0.449 e. The lowest BCUT2D eigenvalue weighted by molar-refractivity contribution is -0.144. The molecule has 1 heterocycles. The molecular weight excluding hydrogens is 285 g/mol. The van der Waals surface area contributed by atoms with Crippen molar-refractivity contribution in [3.63, 3.8) is 0 Å². The predicted molar refractivity (Wildman–Crippen MR) is 56.7 cm³/mol. The summed E-state index contributed by atoms with van der Waals surface area (Å²) in [6.45, 7) is 0. The van der Waals surface area contributed by atoms with Gasteiger partial charge in [0, 0.05) is 10.0 Å². The zero-order valence-electron chi connectivity index (χ0n) is 7.85. The fourth-order valence-electron chi connectivity index (χ4n) is 1.28. The fraction of sp³-hybridized carbons (Fsp3) is 0.100. The number of hydrogen-bond donors (Lipinski definition) is 1. The average molecular weight is 291 g/mol.